The SMILES string of the molecule is O=C(NCC1N=NC(=O)c2ccccc21)c1ccc(Br)o1. The molecule has 6 nitrogen and oxygen atoms in total. The molecule has 21 heavy (non-hydrogen) atoms. The number of rotatable bonds is 3. The molecule has 7 heteroatoms. The van der Waals surface area contributed by atoms with Crippen molar-refractivity contribution in [3.8, 4) is 0 Å². The third-order valence-corrected chi connectivity index (χ3v) is 3.52. The van der Waals surface area contributed by atoms with Crippen LogP contribution in [0.15, 0.2) is 55.7 Å². The number of fused-ring (bicyclic) bond motifs is 1. The number of azo groups is 1. The van der Waals surface area contributed by atoms with E-state index in [2.05, 4.69) is 31.5 Å². The van der Waals surface area contributed by atoms with E-state index in [1.165, 1.54) is 0 Å². The number of nitrogens with one attached hydrogen (secondary N) is 1. The summed E-state index contributed by atoms with van der Waals surface area (Å²) < 4.78 is 5.66. The average molecular weight is 348 g/mol. The van der Waals surface area contributed by atoms with Gasteiger partial charge in [-0.2, -0.15) is 5.11 Å². The van der Waals surface area contributed by atoms with Crippen LogP contribution >= 0.6 is 15.9 Å². The first-order chi connectivity index (χ1) is 10.1. The van der Waals surface area contributed by atoms with Gasteiger partial charge in [0.25, 0.3) is 11.8 Å². The Morgan fingerprint density at radius 1 is 1.29 bits per heavy atom. The van der Waals surface area contributed by atoms with Crippen molar-refractivity contribution in [2.24, 2.45) is 10.2 Å². The minimum atomic E-state index is -0.374. The molecule has 3 rings (SSSR count). The molecule has 1 N–H and O–H groups in total. The first-order valence-corrected chi connectivity index (χ1v) is 7.02. The number of hydrogen-bond donors (Lipinski definition) is 1. The van der Waals surface area contributed by atoms with Crippen molar-refractivity contribution in [3.05, 3.63) is 58.0 Å². The van der Waals surface area contributed by atoms with Gasteiger partial charge in [-0.3, -0.25) is 9.59 Å². The molecule has 1 aromatic heterocycles. The monoisotopic (exact) mass is 347 g/mol. The van der Waals surface area contributed by atoms with Gasteiger partial charge in [-0.05, 0) is 39.7 Å². The Balaban J connectivity index is 1.73. The Labute approximate surface area is 128 Å². The predicted molar refractivity (Wildman–Crippen MR) is 77.1 cm³/mol. The lowest BCUT2D eigenvalue weighted by atomic mass is 9.99. The van der Waals surface area contributed by atoms with Gasteiger partial charge in [0, 0.05) is 12.1 Å². The van der Waals surface area contributed by atoms with Crippen molar-refractivity contribution >= 4 is 27.7 Å². The predicted octanol–water partition coefficient (Wildman–Crippen LogP) is 3.12. The van der Waals surface area contributed by atoms with Crippen molar-refractivity contribution in [1.29, 1.82) is 0 Å². The molecule has 0 fully saturated rings. The minimum Gasteiger partial charge on any atom is -0.444 e. The zero-order chi connectivity index (χ0) is 14.8. The number of halogens is 1. The molecule has 0 spiro atoms. The van der Waals surface area contributed by atoms with Gasteiger partial charge in [-0.25, -0.2) is 0 Å². The van der Waals surface area contributed by atoms with Crippen LogP contribution < -0.4 is 5.32 Å². The molecule has 0 aliphatic carbocycles. The Hall–Kier alpha value is -2.28. The van der Waals surface area contributed by atoms with Crippen molar-refractivity contribution < 1.29 is 14.0 Å². The molecule has 1 atom stereocenters. The highest BCUT2D eigenvalue weighted by Crippen LogP contribution is 2.26. The van der Waals surface area contributed by atoms with E-state index in [0.29, 0.717) is 10.2 Å². The lowest BCUT2D eigenvalue weighted by Gasteiger charge is -2.18. The molecule has 106 valence electrons. The molecule has 0 radical (unpaired) electrons. The largest absolute Gasteiger partial charge is 0.444 e. The van der Waals surface area contributed by atoms with E-state index in [1.54, 1.807) is 24.3 Å². The van der Waals surface area contributed by atoms with Gasteiger partial charge in [0.1, 0.15) is 6.04 Å². The maximum atomic E-state index is 11.9. The van der Waals surface area contributed by atoms with E-state index in [1.807, 2.05) is 12.1 Å². The van der Waals surface area contributed by atoms with E-state index in [-0.39, 0.29) is 30.2 Å². The van der Waals surface area contributed by atoms with Gasteiger partial charge < -0.3 is 9.73 Å². The fourth-order valence-corrected chi connectivity index (χ4v) is 2.39. The van der Waals surface area contributed by atoms with Crippen LogP contribution in [0.3, 0.4) is 0 Å². The third-order valence-electron chi connectivity index (χ3n) is 3.09. The maximum absolute atomic E-state index is 11.9. The number of hydrogen-bond acceptors (Lipinski definition) is 4. The molecule has 0 saturated heterocycles. The van der Waals surface area contributed by atoms with E-state index in [4.69, 9.17) is 4.42 Å². The topological polar surface area (TPSA) is 84.0 Å². The second kappa shape index (κ2) is 5.61. The van der Waals surface area contributed by atoms with Crippen LogP contribution in [0.4, 0.5) is 0 Å². The first kappa shape index (κ1) is 13.7. The summed E-state index contributed by atoms with van der Waals surface area (Å²) in [6, 6.07) is 9.95. The van der Waals surface area contributed by atoms with Crippen molar-refractivity contribution in [2.75, 3.05) is 6.54 Å². The number of nitrogens with zero attached hydrogens (tertiary/aromatic N) is 2. The smallest absolute Gasteiger partial charge is 0.295 e. The minimum absolute atomic E-state index is 0.207. The summed E-state index contributed by atoms with van der Waals surface area (Å²) in [6.45, 7) is 0.241. The molecule has 1 aliphatic heterocycles. The third kappa shape index (κ3) is 2.78. The highest BCUT2D eigenvalue weighted by atomic mass is 79.9. The molecule has 2 aromatic rings. The van der Waals surface area contributed by atoms with Gasteiger partial charge in [0.2, 0.25) is 0 Å². The van der Waals surface area contributed by atoms with E-state index in [9.17, 15) is 9.59 Å². The number of carbonyl (C=O) groups excluding carboxylic acids is 2. The van der Waals surface area contributed by atoms with Crippen LogP contribution in [-0.4, -0.2) is 18.4 Å². The molecular formula is C14H10BrN3O3. The van der Waals surface area contributed by atoms with Crippen LogP contribution in [0.2, 0.25) is 0 Å². The van der Waals surface area contributed by atoms with E-state index >= 15 is 0 Å². The van der Waals surface area contributed by atoms with Gasteiger partial charge >= 0.3 is 0 Å². The molecule has 0 saturated carbocycles. The zero-order valence-electron chi connectivity index (χ0n) is 10.7. The molecular weight excluding hydrogens is 338 g/mol. The van der Waals surface area contributed by atoms with Crippen LogP contribution in [0.1, 0.15) is 32.5 Å². The normalized spacial score (nSPS) is 16.6. The van der Waals surface area contributed by atoms with Gasteiger partial charge in [0.05, 0.1) is 0 Å². The second-order valence-electron chi connectivity index (χ2n) is 4.44. The number of furan rings is 1. The lowest BCUT2D eigenvalue weighted by molar-refractivity contribution is 0.0921. The van der Waals surface area contributed by atoms with E-state index in [0.717, 1.165) is 5.56 Å². The number of amides is 2. The fourth-order valence-electron chi connectivity index (χ4n) is 2.08. The quantitative estimate of drug-likeness (QED) is 0.925. The highest BCUT2D eigenvalue weighted by Gasteiger charge is 2.24. The molecule has 1 aliphatic rings. The van der Waals surface area contributed by atoms with Crippen LogP contribution in [0.5, 0.6) is 0 Å². The molecule has 1 aromatic carbocycles. The summed E-state index contributed by atoms with van der Waals surface area (Å²) in [5.41, 5.74) is 1.28. The van der Waals surface area contributed by atoms with Crippen molar-refractivity contribution in [1.82, 2.24) is 5.32 Å². The summed E-state index contributed by atoms with van der Waals surface area (Å²) in [6.07, 6.45) is 0. The fraction of sp³-hybridized carbons (Fsp3) is 0.143. The van der Waals surface area contributed by atoms with Gasteiger partial charge in [0.15, 0.2) is 10.4 Å². The Bertz CT molecular complexity index is 739. The average Bonchev–Trinajstić information content (AvgIpc) is 2.93. The maximum Gasteiger partial charge on any atom is 0.295 e. The highest BCUT2D eigenvalue weighted by molar-refractivity contribution is 9.10. The van der Waals surface area contributed by atoms with Crippen molar-refractivity contribution in [2.45, 2.75) is 6.04 Å². The Morgan fingerprint density at radius 3 is 2.86 bits per heavy atom. The summed E-state index contributed by atoms with van der Waals surface area (Å²) >= 11 is 3.14. The Morgan fingerprint density at radius 2 is 2.10 bits per heavy atom. The second-order valence-corrected chi connectivity index (χ2v) is 5.22. The molecule has 0 bridgehead atoms. The van der Waals surface area contributed by atoms with Crippen molar-refractivity contribution in [3.63, 3.8) is 0 Å². The summed E-state index contributed by atoms with van der Waals surface area (Å²) in [7, 11) is 0. The van der Waals surface area contributed by atoms with Crippen LogP contribution in [-0.2, 0) is 0 Å². The summed E-state index contributed by atoms with van der Waals surface area (Å²) in [5.74, 6) is -0.493. The number of carbonyl (C=O) groups is 2. The molecule has 1 unspecified atom stereocenters. The number of benzene rings is 1. The van der Waals surface area contributed by atoms with Gasteiger partial charge in [-0.15, -0.1) is 5.11 Å². The zero-order valence-corrected chi connectivity index (χ0v) is 12.3. The molecule has 2 amide bonds. The van der Waals surface area contributed by atoms with Crippen LogP contribution in [0, 0.1) is 0 Å². The van der Waals surface area contributed by atoms with Gasteiger partial charge in [-0.1, -0.05) is 18.2 Å². The molecule has 2 heterocycles. The summed E-state index contributed by atoms with van der Waals surface area (Å²) in [4.78, 5) is 23.5. The first-order valence-electron chi connectivity index (χ1n) is 6.23. The standard InChI is InChI=1S/C14H10BrN3O3/c15-12-6-5-11(21-12)14(20)16-7-10-8-3-1-2-4-9(8)13(19)18-17-10/h1-6,10H,7H2,(H,16,20). The lowest BCUT2D eigenvalue weighted by Crippen LogP contribution is -2.29. The summed E-state index contributed by atoms with van der Waals surface area (Å²) in [5, 5.41) is 10.3. The van der Waals surface area contributed by atoms with Crippen LogP contribution in [0.25, 0.3) is 0 Å². The van der Waals surface area contributed by atoms with E-state index < -0.39 is 0 Å². The Kier molecular flexibility index (Phi) is 3.66.